The number of hydrogen-bond donors (Lipinski definition) is 1. The van der Waals surface area contributed by atoms with E-state index in [1.54, 1.807) is 12.5 Å². The van der Waals surface area contributed by atoms with Crippen molar-refractivity contribution in [1.82, 2.24) is 9.55 Å². The molecule has 2 aromatic rings. The van der Waals surface area contributed by atoms with E-state index in [2.05, 4.69) is 11.9 Å². The summed E-state index contributed by atoms with van der Waals surface area (Å²) in [4.78, 5) is 4.06. The molecule has 0 fully saturated rings. The van der Waals surface area contributed by atoms with Crippen molar-refractivity contribution in [3.05, 3.63) is 42.4 Å². The Labute approximate surface area is 95.1 Å². The van der Waals surface area contributed by atoms with Gasteiger partial charge in [-0.05, 0) is 25.5 Å². The van der Waals surface area contributed by atoms with Crippen molar-refractivity contribution >= 4 is 0 Å². The molecule has 0 aliphatic rings. The normalized spacial score (nSPS) is 14.9. The molecule has 0 saturated heterocycles. The van der Waals surface area contributed by atoms with E-state index in [0.717, 1.165) is 17.9 Å². The summed E-state index contributed by atoms with van der Waals surface area (Å²) in [6.07, 6.45) is 6.34. The zero-order valence-electron chi connectivity index (χ0n) is 9.63. The quantitative estimate of drug-likeness (QED) is 0.856. The van der Waals surface area contributed by atoms with Crippen molar-refractivity contribution in [3.63, 3.8) is 0 Å². The number of rotatable bonds is 4. The van der Waals surface area contributed by atoms with E-state index >= 15 is 0 Å². The van der Waals surface area contributed by atoms with Gasteiger partial charge in [-0.2, -0.15) is 0 Å². The van der Waals surface area contributed by atoms with E-state index in [9.17, 15) is 0 Å². The lowest BCUT2D eigenvalue weighted by atomic mass is 10.0. The van der Waals surface area contributed by atoms with Crippen LogP contribution in [0, 0.1) is 6.92 Å². The number of aryl methyl sites for hydroxylation is 1. The summed E-state index contributed by atoms with van der Waals surface area (Å²) in [5.74, 6) is 1.80. The molecule has 2 aromatic heterocycles. The molecule has 2 heterocycles. The Hall–Kier alpha value is -1.55. The van der Waals surface area contributed by atoms with Gasteiger partial charge in [0.2, 0.25) is 0 Å². The number of aromatic nitrogens is 2. The van der Waals surface area contributed by atoms with E-state index in [-0.39, 0.29) is 12.1 Å². The molecular weight excluding hydrogens is 202 g/mol. The molecule has 2 atom stereocenters. The molecule has 4 nitrogen and oxygen atoms in total. The first-order valence-electron chi connectivity index (χ1n) is 5.51. The van der Waals surface area contributed by atoms with E-state index < -0.39 is 0 Å². The second-order valence-corrected chi connectivity index (χ2v) is 3.98. The number of furan rings is 1. The fourth-order valence-electron chi connectivity index (χ4n) is 1.85. The van der Waals surface area contributed by atoms with Gasteiger partial charge in [0.25, 0.3) is 0 Å². The van der Waals surface area contributed by atoms with Gasteiger partial charge in [0.15, 0.2) is 0 Å². The Bertz CT molecular complexity index is 433. The highest BCUT2D eigenvalue weighted by atomic mass is 16.3. The summed E-state index contributed by atoms with van der Waals surface area (Å²) >= 11 is 0. The summed E-state index contributed by atoms with van der Waals surface area (Å²) in [7, 11) is 0. The van der Waals surface area contributed by atoms with Crippen LogP contribution in [0.2, 0.25) is 0 Å². The molecule has 2 rings (SSSR count). The molecule has 16 heavy (non-hydrogen) atoms. The fraction of sp³-hybridized carbons (Fsp3) is 0.417. The second-order valence-electron chi connectivity index (χ2n) is 3.98. The summed E-state index contributed by atoms with van der Waals surface area (Å²) in [5.41, 5.74) is 6.14. The molecule has 0 aliphatic heterocycles. The Morgan fingerprint density at radius 1 is 1.50 bits per heavy atom. The molecule has 0 bridgehead atoms. The highest BCUT2D eigenvalue weighted by molar-refractivity contribution is 5.13. The SMILES string of the molecule is CCC(N)C(c1ccc(C)o1)n1ccnc1. The van der Waals surface area contributed by atoms with Crippen molar-refractivity contribution in [1.29, 1.82) is 0 Å². The zero-order chi connectivity index (χ0) is 11.5. The minimum absolute atomic E-state index is 0.0275. The van der Waals surface area contributed by atoms with Crippen molar-refractivity contribution in [3.8, 4) is 0 Å². The Balaban J connectivity index is 2.35. The highest BCUT2D eigenvalue weighted by Crippen LogP contribution is 2.24. The molecule has 0 aliphatic carbocycles. The fourth-order valence-corrected chi connectivity index (χ4v) is 1.85. The molecule has 2 N–H and O–H groups in total. The predicted octanol–water partition coefficient (Wildman–Crippen LogP) is 2.11. The number of hydrogen-bond acceptors (Lipinski definition) is 3. The minimum atomic E-state index is 0.0275. The van der Waals surface area contributed by atoms with Crippen LogP contribution in [0.3, 0.4) is 0 Å². The van der Waals surface area contributed by atoms with Crippen LogP contribution in [0.25, 0.3) is 0 Å². The van der Waals surface area contributed by atoms with Crippen LogP contribution >= 0.6 is 0 Å². The average molecular weight is 219 g/mol. The van der Waals surface area contributed by atoms with Crippen molar-refractivity contribution in [2.24, 2.45) is 5.73 Å². The lowest BCUT2D eigenvalue weighted by molar-refractivity contribution is 0.364. The van der Waals surface area contributed by atoms with E-state index in [1.165, 1.54) is 0 Å². The average Bonchev–Trinajstić information content (AvgIpc) is 2.91. The largest absolute Gasteiger partial charge is 0.464 e. The number of imidazole rings is 1. The van der Waals surface area contributed by atoms with Crippen molar-refractivity contribution in [2.45, 2.75) is 32.4 Å². The van der Waals surface area contributed by atoms with Gasteiger partial charge in [0, 0.05) is 18.4 Å². The van der Waals surface area contributed by atoms with Crippen LogP contribution in [0.1, 0.15) is 30.9 Å². The van der Waals surface area contributed by atoms with Crippen LogP contribution in [-0.2, 0) is 0 Å². The lowest BCUT2D eigenvalue weighted by Crippen LogP contribution is -2.31. The van der Waals surface area contributed by atoms with Gasteiger partial charge in [-0.15, -0.1) is 0 Å². The number of nitrogens with zero attached hydrogens (tertiary/aromatic N) is 2. The molecule has 0 aromatic carbocycles. The van der Waals surface area contributed by atoms with Gasteiger partial charge < -0.3 is 14.7 Å². The van der Waals surface area contributed by atoms with Crippen LogP contribution in [-0.4, -0.2) is 15.6 Å². The van der Waals surface area contributed by atoms with Crippen LogP contribution < -0.4 is 5.73 Å². The van der Waals surface area contributed by atoms with Gasteiger partial charge in [0.1, 0.15) is 17.6 Å². The summed E-state index contributed by atoms with van der Waals surface area (Å²) < 4.78 is 7.66. The lowest BCUT2D eigenvalue weighted by Gasteiger charge is -2.22. The first kappa shape index (κ1) is 11.0. The monoisotopic (exact) mass is 219 g/mol. The van der Waals surface area contributed by atoms with Crippen LogP contribution in [0.15, 0.2) is 35.3 Å². The van der Waals surface area contributed by atoms with Crippen LogP contribution in [0.4, 0.5) is 0 Å². The maximum atomic E-state index is 6.14. The summed E-state index contributed by atoms with van der Waals surface area (Å²) in [5, 5.41) is 0. The summed E-state index contributed by atoms with van der Waals surface area (Å²) in [6.45, 7) is 4.01. The molecule has 0 radical (unpaired) electrons. The maximum Gasteiger partial charge on any atom is 0.128 e. The molecule has 0 saturated carbocycles. The van der Waals surface area contributed by atoms with E-state index in [1.807, 2.05) is 29.8 Å². The zero-order valence-corrected chi connectivity index (χ0v) is 9.63. The van der Waals surface area contributed by atoms with Crippen LogP contribution in [0.5, 0.6) is 0 Å². The third-order valence-electron chi connectivity index (χ3n) is 2.78. The number of nitrogens with two attached hydrogens (primary N) is 1. The highest BCUT2D eigenvalue weighted by Gasteiger charge is 2.22. The second kappa shape index (κ2) is 4.53. The van der Waals surface area contributed by atoms with Gasteiger partial charge in [-0.25, -0.2) is 4.98 Å². The molecular formula is C12H17N3O. The van der Waals surface area contributed by atoms with Gasteiger partial charge in [0.05, 0.1) is 6.33 Å². The Morgan fingerprint density at radius 2 is 2.31 bits per heavy atom. The Kier molecular flexibility index (Phi) is 3.10. The molecule has 0 amide bonds. The summed E-state index contributed by atoms with van der Waals surface area (Å²) in [6, 6.07) is 4.00. The topological polar surface area (TPSA) is 57.0 Å². The molecule has 2 unspecified atom stereocenters. The van der Waals surface area contributed by atoms with Gasteiger partial charge in [-0.3, -0.25) is 0 Å². The molecule has 0 spiro atoms. The Morgan fingerprint density at radius 3 is 2.81 bits per heavy atom. The molecule has 4 heteroatoms. The van der Waals surface area contributed by atoms with Crippen molar-refractivity contribution in [2.75, 3.05) is 0 Å². The predicted molar refractivity (Wildman–Crippen MR) is 62.1 cm³/mol. The first-order valence-corrected chi connectivity index (χ1v) is 5.51. The van der Waals surface area contributed by atoms with Gasteiger partial charge in [-0.1, -0.05) is 6.92 Å². The first-order chi connectivity index (χ1) is 7.72. The van der Waals surface area contributed by atoms with E-state index in [0.29, 0.717) is 0 Å². The third kappa shape index (κ3) is 2.02. The van der Waals surface area contributed by atoms with Gasteiger partial charge >= 0.3 is 0 Å². The molecule has 86 valence electrons. The maximum absolute atomic E-state index is 6.14. The minimum Gasteiger partial charge on any atom is -0.464 e. The smallest absolute Gasteiger partial charge is 0.128 e. The third-order valence-corrected chi connectivity index (χ3v) is 2.78. The van der Waals surface area contributed by atoms with Crippen molar-refractivity contribution < 1.29 is 4.42 Å². The van der Waals surface area contributed by atoms with E-state index in [4.69, 9.17) is 10.2 Å². The standard InChI is InChI=1S/C12H17N3O/c1-3-10(13)12(15-7-6-14-8-15)11-5-4-9(2)16-11/h4-8,10,12H,3,13H2,1-2H3.